The van der Waals surface area contributed by atoms with E-state index in [0.717, 1.165) is 49.3 Å². The Labute approximate surface area is 165 Å². The van der Waals surface area contributed by atoms with Crippen LogP contribution in [-0.2, 0) is 22.5 Å². The molecule has 1 aliphatic heterocycles. The summed E-state index contributed by atoms with van der Waals surface area (Å²) in [4.78, 5) is 23.8. The number of rotatable bonds is 7. The molecule has 146 valence electrons. The number of carbonyl (C=O) groups is 1. The van der Waals surface area contributed by atoms with Crippen LogP contribution < -0.4 is 0 Å². The molecule has 1 fully saturated rings. The van der Waals surface area contributed by atoms with Crippen molar-refractivity contribution in [3.05, 3.63) is 60.2 Å². The largest absolute Gasteiger partial charge is 0.383 e. The summed E-state index contributed by atoms with van der Waals surface area (Å²) in [6.07, 6.45) is 5.92. The Morgan fingerprint density at radius 3 is 2.93 bits per heavy atom. The fourth-order valence-corrected chi connectivity index (χ4v) is 3.97. The Hall–Kier alpha value is -2.73. The Morgan fingerprint density at radius 1 is 1.25 bits per heavy atom. The first-order valence-electron chi connectivity index (χ1n) is 9.87. The topological polar surface area (TPSA) is 60.2 Å². The lowest BCUT2D eigenvalue weighted by Gasteiger charge is -2.17. The van der Waals surface area contributed by atoms with Crippen molar-refractivity contribution in [2.45, 2.75) is 31.7 Å². The molecule has 1 unspecified atom stereocenters. The molecule has 3 heterocycles. The SMILES string of the molecule is COCCn1c(C2CCN(C(=O)CCc3ccccc3)C2)nc2ccncc21. The maximum Gasteiger partial charge on any atom is 0.222 e. The molecule has 0 aliphatic carbocycles. The highest BCUT2D eigenvalue weighted by molar-refractivity contribution is 5.77. The zero-order chi connectivity index (χ0) is 19.3. The monoisotopic (exact) mass is 378 g/mol. The highest BCUT2D eigenvalue weighted by Gasteiger charge is 2.30. The molecule has 0 N–H and O–H groups in total. The van der Waals surface area contributed by atoms with Crippen molar-refractivity contribution in [1.82, 2.24) is 19.4 Å². The third-order valence-electron chi connectivity index (χ3n) is 5.48. The number of imidazole rings is 1. The van der Waals surface area contributed by atoms with Gasteiger partial charge in [-0.05, 0) is 24.5 Å². The van der Waals surface area contributed by atoms with Gasteiger partial charge in [-0.3, -0.25) is 9.78 Å². The van der Waals surface area contributed by atoms with Gasteiger partial charge in [-0.1, -0.05) is 30.3 Å². The number of carbonyl (C=O) groups excluding carboxylic acids is 1. The second-order valence-electron chi connectivity index (χ2n) is 7.29. The summed E-state index contributed by atoms with van der Waals surface area (Å²) < 4.78 is 7.48. The van der Waals surface area contributed by atoms with Crippen LogP contribution in [0.3, 0.4) is 0 Å². The fraction of sp³-hybridized carbons (Fsp3) is 0.409. The Balaban J connectivity index is 1.45. The summed E-state index contributed by atoms with van der Waals surface area (Å²) in [5.74, 6) is 1.52. The highest BCUT2D eigenvalue weighted by Crippen LogP contribution is 2.29. The Bertz CT molecular complexity index is 938. The van der Waals surface area contributed by atoms with E-state index in [2.05, 4.69) is 21.7 Å². The van der Waals surface area contributed by atoms with E-state index >= 15 is 0 Å². The molecular formula is C22H26N4O2. The van der Waals surface area contributed by atoms with Gasteiger partial charge in [0.1, 0.15) is 5.82 Å². The molecule has 0 saturated carbocycles. The highest BCUT2D eigenvalue weighted by atomic mass is 16.5. The molecule has 1 saturated heterocycles. The third kappa shape index (κ3) is 3.92. The molecule has 4 rings (SSSR count). The van der Waals surface area contributed by atoms with Crippen molar-refractivity contribution in [1.29, 1.82) is 0 Å². The summed E-state index contributed by atoms with van der Waals surface area (Å²) in [7, 11) is 1.71. The minimum atomic E-state index is 0.229. The van der Waals surface area contributed by atoms with E-state index in [4.69, 9.17) is 9.72 Å². The fourth-order valence-electron chi connectivity index (χ4n) is 3.97. The van der Waals surface area contributed by atoms with Gasteiger partial charge >= 0.3 is 0 Å². The number of hydrogen-bond donors (Lipinski definition) is 0. The maximum atomic E-state index is 12.7. The number of benzene rings is 1. The third-order valence-corrected chi connectivity index (χ3v) is 5.48. The number of hydrogen-bond acceptors (Lipinski definition) is 4. The summed E-state index contributed by atoms with van der Waals surface area (Å²) in [5, 5.41) is 0. The quantitative estimate of drug-likeness (QED) is 0.634. The van der Waals surface area contributed by atoms with Gasteiger partial charge < -0.3 is 14.2 Å². The van der Waals surface area contributed by atoms with Gasteiger partial charge in [0.15, 0.2) is 0 Å². The number of methoxy groups -OCH3 is 1. The summed E-state index contributed by atoms with van der Waals surface area (Å²) in [6, 6.07) is 12.1. The molecule has 6 nitrogen and oxygen atoms in total. The van der Waals surface area contributed by atoms with Crippen molar-refractivity contribution < 1.29 is 9.53 Å². The van der Waals surface area contributed by atoms with E-state index in [0.29, 0.717) is 13.0 Å². The number of ether oxygens (including phenoxy) is 1. The van der Waals surface area contributed by atoms with Crippen LogP contribution in [0.2, 0.25) is 0 Å². The first-order chi connectivity index (χ1) is 13.8. The van der Waals surface area contributed by atoms with Gasteiger partial charge in [0, 0.05) is 45.3 Å². The number of nitrogens with zero attached hydrogens (tertiary/aromatic N) is 4. The molecular weight excluding hydrogens is 352 g/mol. The van der Waals surface area contributed by atoms with Crippen LogP contribution in [0, 0.1) is 0 Å². The Morgan fingerprint density at radius 2 is 2.11 bits per heavy atom. The van der Waals surface area contributed by atoms with Crippen LogP contribution in [0.5, 0.6) is 0 Å². The standard InChI is InChI=1S/C22H26N4O2/c1-28-14-13-26-20-15-23-11-9-19(20)24-22(26)18-10-12-25(16-18)21(27)8-7-17-5-3-2-4-6-17/h2-6,9,11,15,18H,7-8,10,12-14,16H2,1H3. The predicted molar refractivity (Wildman–Crippen MR) is 108 cm³/mol. The molecule has 1 aliphatic rings. The van der Waals surface area contributed by atoms with Gasteiger partial charge in [0.05, 0.1) is 23.8 Å². The lowest BCUT2D eigenvalue weighted by molar-refractivity contribution is -0.130. The second kappa shape index (κ2) is 8.52. The number of likely N-dealkylation sites (tertiary alicyclic amines) is 1. The lowest BCUT2D eigenvalue weighted by Crippen LogP contribution is -2.29. The average Bonchev–Trinajstić information content (AvgIpc) is 3.36. The smallest absolute Gasteiger partial charge is 0.222 e. The van der Waals surface area contributed by atoms with E-state index in [1.165, 1.54) is 5.56 Å². The summed E-state index contributed by atoms with van der Waals surface area (Å²) >= 11 is 0. The average molecular weight is 378 g/mol. The van der Waals surface area contributed by atoms with Crippen molar-refractivity contribution in [2.24, 2.45) is 0 Å². The molecule has 0 bridgehead atoms. The molecule has 2 aromatic heterocycles. The predicted octanol–water partition coefficient (Wildman–Crippen LogP) is 3.03. The zero-order valence-corrected chi connectivity index (χ0v) is 16.3. The maximum absolute atomic E-state index is 12.7. The van der Waals surface area contributed by atoms with Gasteiger partial charge in [-0.2, -0.15) is 0 Å². The van der Waals surface area contributed by atoms with E-state index in [-0.39, 0.29) is 11.8 Å². The molecule has 28 heavy (non-hydrogen) atoms. The van der Waals surface area contributed by atoms with Crippen molar-refractivity contribution in [3.8, 4) is 0 Å². The molecule has 1 atom stereocenters. The van der Waals surface area contributed by atoms with Gasteiger partial charge in [-0.25, -0.2) is 4.98 Å². The zero-order valence-electron chi connectivity index (χ0n) is 16.3. The first-order valence-corrected chi connectivity index (χ1v) is 9.87. The second-order valence-corrected chi connectivity index (χ2v) is 7.29. The van der Waals surface area contributed by atoms with Gasteiger partial charge in [0.25, 0.3) is 0 Å². The molecule has 0 radical (unpaired) electrons. The summed E-state index contributed by atoms with van der Waals surface area (Å²) in [5.41, 5.74) is 3.19. The van der Waals surface area contributed by atoms with E-state index in [1.807, 2.05) is 35.4 Å². The Kier molecular flexibility index (Phi) is 5.67. The number of fused-ring (bicyclic) bond motifs is 1. The number of amides is 1. The van der Waals surface area contributed by atoms with E-state index in [1.54, 1.807) is 13.3 Å². The van der Waals surface area contributed by atoms with Gasteiger partial charge in [0.2, 0.25) is 5.91 Å². The molecule has 3 aromatic rings. The number of aromatic nitrogens is 3. The van der Waals surface area contributed by atoms with Crippen LogP contribution in [-0.4, -0.2) is 52.1 Å². The molecule has 1 aromatic carbocycles. The molecule has 1 amide bonds. The minimum Gasteiger partial charge on any atom is -0.383 e. The van der Waals surface area contributed by atoms with Crippen LogP contribution >= 0.6 is 0 Å². The van der Waals surface area contributed by atoms with E-state index < -0.39 is 0 Å². The van der Waals surface area contributed by atoms with Crippen molar-refractivity contribution in [2.75, 3.05) is 26.8 Å². The number of aryl methyl sites for hydroxylation is 1. The van der Waals surface area contributed by atoms with Crippen molar-refractivity contribution >= 4 is 16.9 Å². The van der Waals surface area contributed by atoms with Crippen LogP contribution in [0.25, 0.3) is 11.0 Å². The van der Waals surface area contributed by atoms with E-state index in [9.17, 15) is 4.79 Å². The summed E-state index contributed by atoms with van der Waals surface area (Å²) in [6.45, 7) is 2.90. The van der Waals surface area contributed by atoms with Crippen LogP contribution in [0.15, 0.2) is 48.8 Å². The van der Waals surface area contributed by atoms with Crippen molar-refractivity contribution in [3.63, 3.8) is 0 Å². The number of pyridine rings is 1. The minimum absolute atomic E-state index is 0.229. The normalized spacial score (nSPS) is 16.8. The molecule has 6 heteroatoms. The van der Waals surface area contributed by atoms with Gasteiger partial charge in [-0.15, -0.1) is 0 Å². The first kappa shape index (κ1) is 18.6. The van der Waals surface area contributed by atoms with Crippen LogP contribution in [0.4, 0.5) is 0 Å². The van der Waals surface area contributed by atoms with Crippen LogP contribution in [0.1, 0.15) is 30.1 Å². The molecule has 0 spiro atoms. The lowest BCUT2D eigenvalue weighted by atomic mass is 10.1.